The predicted molar refractivity (Wildman–Crippen MR) is 105 cm³/mol. The van der Waals surface area contributed by atoms with Gasteiger partial charge in [0, 0.05) is 37.0 Å². The molecule has 1 aliphatic heterocycles. The average molecular weight is 361 g/mol. The minimum absolute atomic E-state index is 0.251. The predicted octanol–water partition coefficient (Wildman–Crippen LogP) is 3.67. The van der Waals surface area contributed by atoms with Gasteiger partial charge in [0.1, 0.15) is 0 Å². The molecule has 2 aromatic carbocycles. The SMILES string of the molecule is Cc1ccc(-c2nn(-c3ccccc3)cc2CN2CC(C(=O)O)C2)cc1C. The first kappa shape index (κ1) is 17.5. The molecule has 1 aliphatic rings. The molecule has 0 unspecified atom stereocenters. The van der Waals surface area contributed by atoms with E-state index in [4.69, 9.17) is 10.2 Å². The van der Waals surface area contributed by atoms with Crippen LogP contribution in [0.4, 0.5) is 0 Å². The number of carboxylic acid groups (broad SMARTS) is 1. The molecule has 0 amide bonds. The van der Waals surface area contributed by atoms with Crippen molar-refractivity contribution in [3.05, 3.63) is 71.4 Å². The molecule has 5 nitrogen and oxygen atoms in total. The molecule has 138 valence electrons. The van der Waals surface area contributed by atoms with Gasteiger partial charge < -0.3 is 5.11 Å². The molecule has 2 heterocycles. The van der Waals surface area contributed by atoms with E-state index in [1.165, 1.54) is 11.1 Å². The summed E-state index contributed by atoms with van der Waals surface area (Å²) in [4.78, 5) is 13.2. The highest BCUT2D eigenvalue weighted by molar-refractivity contribution is 5.71. The molecule has 1 fully saturated rings. The van der Waals surface area contributed by atoms with E-state index < -0.39 is 5.97 Å². The third-order valence-electron chi connectivity index (χ3n) is 5.29. The first-order chi connectivity index (χ1) is 13.0. The Balaban J connectivity index is 1.68. The number of benzene rings is 2. The van der Waals surface area contributed by atoms with Gasteiger partial charge in [0.15, 0.2) is 0 Å². The number of para-hydroxylation sites is 1. The van der Waals surface area contributed by atoms with Gasteiger partial charge in [-0.25, -0.2) is 4.68 Å². The van der Waals surface area contributed by atoms with Gasteiger partial charge in [-0.05, 0) is 43.2 Å². The zero-order valence-electron chi connectivity index (χ0n) is 15.6. The van der Waals surface area contributed by atoms with Crippen molar-refractivity contribution in [3.8, 4) is 16.9 Å². The van der Waals surface area contributed by atoms with E-state index in [2.05, 4.69) is 43.1 Å². The number of aryl methyl sites for hydroxylation is 2. The summed E-state index contributed by atoms with van der Waals surface area (Å²) < 4.78 is 1.91. The summed E-state index contributed by atoms with van der Waals surface area (Å²) >= 11 is 0. The number of carbonyl (C=O) groups is 1. The first-order valence-corrected chi connectivity index (χ1v) is 9.18. The van der Waals surface area contributed by atoms with Gasteiger partial charge in [0.2, 0.25) is 0 Å². The summed E-state index contributed by atoms with van der Waals surface area (Å²) in [6.07, 6.45) is 2.06. The van der Waals surface area contributed by atoms with Gasteiger partial charge in [-0.3, -0.25) is 9.69 Å². The third kappa shape index (κ3) is 3.51. The molecule has 1 saturated heterocycles. The van der Waals surface area contributed by atoms with Crippen LogP contribution in [0.2, 0.25) is 0 Å². The maximum atomic E-state index is 11.1. The second-order valence-electron chi connectivity index (χ2n) is 7.31. The van der Waals surface area contributed by atoms with Crippen LogP contribution in [0, 0.1) is 19.8 Å². The maximum Gasteiger partial charge on any atom is 0.309 e. The molecule has 1 N–H and O–H groups in total. The van der Waals surface area contributed by atoms with Crippen LogP contribution in [0.5, 0.6) is 0 Å². The van der Waals surface area contributed by atoms with Crippen LogP contribution in [-0.2, 0) is 11.3 Å². The highest BCUT2D eigenvalue weighted by atomic mass is 16.4. The number of carboxylic acids is 1. The fraction of sp³-hybridized carbons (Fsp3) is 0.273. The lowest BCUT2D eigenvalue weighted by Crippen LogP contribution is -2.49. The van der Waals surface area contributed by atoms with E-state index in [-0.39, 0.29) is 5.92 Å². The Morgan fingerprint density at radius 2 is 1.85 bits per heavy atom. The van der Waals surface area contributed by atoms with Gasteiger partial charge in [0.05, 0.1) is 17.3 Å². The average Bonchev–Trinajstić information content (AvgIpc) is 3.04. The molecule has 5 heteroatoms. The topological polar surface area (TPSA) is 58.4 Å². The third-order valence-corrected chi connectivity index (χ3v) is 5.29. The Labute approximate surface area is 158 Å². The molecular weight excluding hydrogens is 338 g/mol. The van der Waals surface area contributed by atoms with Crippen LogP contribution < -0.4 is 0 Å². The lowest BCUT2D eigenvalue weighted by Gasteiger charge is -2.36. The van der Waals surface area contributed by atoms with Gasteiger partial charge in [0.25, 0.3) is 0 Å². The van der Waals surface area contributed by atoms with E-state index in [1.54, 1.807) is 0 Å². The van der Waals surface area contributed by atoms with Gasteiger partial charge in [-0.2, -0.15) is 5.10 Å². The highest BCUT2D eigenvalue weighted by Gasteiger charge is 2.33. The van der Waals surface area contributed by atoms with Crippen molar-refractivity contribution in [2.24, 2.45) is 5.92 Å². The first-order valence-electron chi connectivity index (χ1n) is 9.18. The highest BCUT2D eigenvalue weighted by Crippen LogP contribution is 2.28. The Morgan fingerprint density at radius 3 is 2.52 bits per heavy atom. The van der Waals surface area contributed by atoms with Crippen LogP contribution in [-0.4, -0.2) is 38.8 Å². The summed E-state index contributed by atoms with van der Waals surface area (Å²) in [5.74, 6) is -0.958. The van der Waals surface area contributed by atoms with Crippen LogP contribution in [0.25, 0.3) is 16.9 Å². The van der Waals surface area contributed by atoms with Gasteiger partial charge in [-0.15, -0.1) is 0 Å². The standard InChI is InChI=1S/C22H23N3O2/c1-15-8-9-17(10-16(15)2)21-18(11-24-12-19(13-24)22(26)27)14-25(23-21)20-6-4-3-5-7-20/h3-10,14,19H,11-13H2,1-2H3,(H,26,27). The van der Waals surface area contributed by atoms with Crippen molar-refractivity contribution in [3.63, 3.8) is 0 Å². The van der Waals surface area contributed by atoms with Crippen molar-refractivity contribution < 1.29 is 9.90 Å². The summed E-state index contributed by atoms with van der Waals surface area (Å²) in [7, 11) is 0. The Bertz CT molecular complexity index is 972. The van der Waals surface area contributed by atoms with Crippen LogP contribution in [0.15, 0.2) is 54.7 Å². The molecule has 27 heavy (non-hydrogen) atoms. The zero-order chi connectivity index (χ0) is 19.0. The van der Waals surface area contributed by atoms with Crippen molar-refractivity contribution in [2.45, 2.75) is 20.4 Å². The number of nitrogens with zero attached hydrogens (tertiary/aromatic N) is 3. The molecule has 0 bridgehead atoms. The van der Waals surface area contributed by atoms with Crippen LogP contribution in [0.3, 0.4) is 0 Å². The molecule has 4 rings (SSSR count). The zero-order valence-corrected chi connectivity index (χ0v) is 15.6. The van der Waals surface area contributed by atoms with Gasteiger partial charge >= 0.3 is 5.97 Å². The van der Waals surface area contributed by atoms with Crippen molar-refractivity contribution in [2.75, 3.05) is 13.1 Å². The summed E-state index contributed by atoms with van der Waals surface area (Å²) in [6, 6.07) is 16.5. The maximum absolute atomic E-state index is 11.1. The quantitative estimate of drug-likeness (QED) is 0.753. The minimum atomic E-state index is -0.708. The normalized spacial score (nSPS) is 14.9. The number of rotatable bonds is 5. The number of aromatic nitrogens is 2. The van der Waals surface area contributed by atoms with E-state index in [9.17, 15) is 4.79 Å². The Kier molecular flexibility index (Phi) is 4.54. The number of hydrogen-bond acceptors (Lipinski definition) is 3. The molecule has 0 saturated carbocycles. The molecule has 0 atom stereocenters. The van der Waals surface area contributed by atoms with Crippen molar-refractivity contribution in [1.29, 1.82) is 0 Å². The van der Waals surface area contributed by atoms with Crippen LogP contribution in [0.1, 0.15) is 16.7 Å². The Hall–Kier alpha value is -2.92. The molecule has 3 aromatic rings. The number of likely N-dealkylation sites (tertiary alicyclic amines) is 1. The summed E-state index contributed by atoms with van der Waals surface area (Å²) in [5.41, 5.74) is 6.68. The smallest absolute Gasteiger partial charge is 0.309 e. The van der Waals surface area contributed by atoms with E-state index in [0.717, 1.165) is 22.5 Å². The largest absolute Gasteiger partial charge is 0.481 e. The number of aliphatic carboxylic acids is 1. The lowest BCUT2D eigenvalue weighted by molar-refractivity contribution is -0.147. The Morgan fingerprint density at radius 1 is 1.11 bits per heavy atom. The van der Waals surface area contributed by atoms with Crippen molar-refractivity contribution in [1.82, 2.24) is 14.7 Å². The molecule has 0 radical (unpaired) electrons. The molecule has 0 aliphatic carbocycles. The minimum Gasteiger partial charge on any atom is -0.481 e. The van der Waals surface area contributed by atoms with Crippen LogP contribution >= 0.6 is 0 Å². The summed E-state index contributed by atoms with van der Waals surface area (Å²) in [5, 5.41) is 14.0. The monoisotopic (exact) mass is 361 g/mol. The lowest BCUT2D eigenvalue weighted by atomic mass is 9.98. The van der Waals surface area contributed by atoms with Gasteiger partial charge in [-0.1, -0.05) is 30.3 Å². The molecule has 1 aromatic heterocycles. The fourth-order valence-corrected chi connectivity index (χ4v) is 3.47. The summed E-state index contributed by atoms with van der Waals surface area (Å²) in [6.45, 7) is 6.11. The van der Waals surface area contributed by atoms with Crippen molar-refractivity contribution >= 4 is 5.97 Å². The second kappa shape index (κ2) is 7.00. The number of hydrogen-bond donors (Lipinski definition) is 1. The molecular formula is C22H23N3O2. The molecule has 0 spiro atoms. The fourth-order valence-electron chi connectivity index (χ4n) is 3.47. The van der Waals surface area contributed by atoms with E-state index >= 15 is 0 Å². The van der Waals surface area contributed by atoms with E-state index in [1.807, 2.05) is 35.0 Å². The van der Waals surface area contributed by atoms with E-state index in [0.29, 0.717) is 19.6 Å². The second-order valence-corrected chi connectivity index (χ2v) is 7.31.